The van der Waals surface area contributed by atoms with Crippen LogP contribution in [0, 0.1) is 0 Å². The van der Waals surface area contributed by atoms with Crippen LogP contribution < -0.4 is 5.32 Å². The van der Waals surface area contributed by atoms with Gasteiger partial charge in [-0.1, -0.05) is 13.0 Å². The van der Waals surface area contributed by atoms with E-state index in [2.05, 4.69) is 11.9 Å². The van der Waals surface area contributed by atoms with E-state index in [0.717, 1.165) is 12.0 Å². The minimum atomic E-state index is -1.12. The molecular formula is C13H17NO4S. The highest BCUT2D eigenvalue weighted by molar-refractivity contribution is 7.12. The SMILES string of the molecule is C=CCOCC(NC(=O)c1sccc1CC)C(=O)O. The predicted octanol–water partition coefficient (Wildman–Crippen LogP) is 1.70. The Kier molecular flexibility index (Phi) is 6.24. The Morgan fingerprint density at radius 3 is 2.95 bits per heavy atom. The number of carbonyl (C=O) groups excluding carboxylic acids is 1. The molecule has 1 amide bonds. The molecule has 104 valence electrons. The lowest BCUT2D eigenvalue weighted by atomic mass is 10.2. The van der Waals surface area contributed by atoms with Gasteiger partial charge in [-0.2, -0.15) is 0 Å². The summed E-state index contributed by atoms with van der Waals surface area (Å²) in [6.07, 6.45) is 2.26. The summed E-state index contributed by atoms with van der Waals surface area (Å²) in [4.78, 5) is 23.6. The molecule has 6 heteroatoms. The number of thiophene rings is 1. The van der Waals surface area contributed by atoms with Crippen molar-refractivity contribution in [2.75, 3.05) is 13.2 Å². The van der Waals surface area contributed by atoms with Crippen molar-refractivity contribution in [3.63, 3.8) is 0 Å². The molecule has 0 bridgehead atoms. The third-order valence-corrected chi connectivity index (χ3v) is 3.41. The zero-order chi connectivity index (χ0) is 14.3. The third kappa shape index (κ3) is 4.50. The molecule has 1 rings (SSSR count). The van der Waals surface area contributed by atoms with Crippen LogP contribution in [-0.4, -0.2) is 36.2 Å². The summed E-state index contributed by atoms with van der Waals surface area (Å²) in [5.74, 6) is -1.49. The second-order valence-electron chi connectivity index (χ2n) is 3.82. The molecule has 0 spiro atoms. The van der Waals surface area contributed by atoms with E-state index in [1.54, 1.807) is 0 Å². The highest BCUT2D eigenvalue weighted by Gasteiger charge is 2.22. The van der Waals surface area contributed by atoms with Crippen LogP contribution in [0.5, 0.6) is 0 Å². The molecule has 5 nitrogen and oxygen atoms in total. The van der Waals surface area contributed by atoms with Gasteiger partial charge in [0.2, 0.25) is 0 Å². The Hall–Kier alpha value is -1.66. The molecule has 0 fully saturated rings. The highest BCUT2D eigenvalue weighted by atomic mass is 32.1. The monoisotopic (exact) mass is 283 g/mol. The lowest BCUT2D eigenvalue weighted by Crippen LogP contribution is -2.44. The van der Waals surface area contributed by atoms with Gasteiger partial charge in [0, 0.05) is 0 Å². The lowest BCUT2D eigenvalue weighted by Gasteiger charge is -2.14. The van der Waals surface area contributed by atoms with Crippen molar-refractivity contribution >= 4 is 23.2 Å². The summed E-state index contributed by atoms with van der Waals surface area (Å²) in [6.45, 7) is 5.58. The molecule has 19 heavy (non-hydrogen) atoms. The molecule has 0 aliphatic heterocycles. The number of ether oxygens (including phenoxy) is 1. The van der Waals surface area contributed by atoms with Crippen LogP contribution in [0.25, 0.3) is 0 Å². The van der Waals surface area contributed by atoms with Crippen molar-refractivity contribution in [3.8, 4) is 0 Å². The number of carboxylic acid groups (broad SMARTS) is 1. The number of aryl methyl sites for hydroxylation is 1. The maximum Gasteiger partial charge on any atom is 0.328 e. The molecule has 1 aromatic rings. The van der Waals surface area contributed by atoms with E-state index in [-0.39, 0.29) is 19.1 Å². The van der Waals surface area contributed by atoms with Crippen LogP contribution >= 0.6 is 11.3 Å². The van der Waals surface area contributed by atoms with Crippen molar-refractivity contribution in [2.24, 2.45) is 0 Å². The first-order valence-electron chi connectivity index (χ1n) is 5.88. The third-order valence-electron chi connectivity index (χ3n) is 2.46. The van der Waals surface area contributed by atoms with Gasteiger partial charge in [0.15, 0.2) is 6.04 Å². The summed E-state index contributed by atoms with van der Waals surface area (Å²) in [6, 6.07) is 0.808. The quantitative estimate of drug-likeness (QED) is 0.562. The summed E-state index contributed by atoms with van der Waals surface area (Å²) < 4.78 is 5.07. The molecule has 1 aromatic heterocycles. The molecular weight excluding hydrogens is 266 g/mol. The van der Waals surface area contributed by atoms with Crippen molar-refractivity contribution in [3.05, 3.63) is 34.5 Å². The van der Waals surface area contributed by atoms with Gasteiger partial charge in [0.25, 0.3) is 5.91 Å². The number of carbonyl (C=O) groups is 2. The molecule has 0 aliphatic rings. The average molecular weight is 283 g/mol. The molecule has 0 aliphatic carbocycles. The Morgan fingerprint density at radius 2 is 2.37 bits per heavy atom. The summed E-state index contributed by atoms with van der Waals surface area (Å²) in [5.41, 5.74) is 0.915. The Balaban J connectivity index is 2.65. The summed E-state index contributed by atoms with van der Waals surface area (Å²) in [5, 5.41) is 13.3. The minimum Gasteiger partial charge on any atom is -0.480 e. The Labute approximate surface area is 115 Å². The molecule has 0 aromatic carbocycles. The molecule has 0 radical (unpaired) electrons. The average Bonchev–Trinajstić information content (AvgIpc) is 2.85. The van der Waals surface area contributed by atoms with Crippen LogP contribution in [0.4, 0.5) is 0 Å². The van der Waals surface area contributed by atoms with Gasteiger partial charge in [-0.15, -0.1) is 17.9 Å². The number of amides is 1. The minimum absolute atomic E-state index is 0.0834. The van der Waals surface area contributed by atoms with Gasteiger partial charge in [-0.05, 0) is 23.4 Å². The number of hydrogen-bond donors (Lipinski definition) is 2. The van der Waals surface area contributed by atoms with E-state index in [9.17, 15) is 9.59 Å². The largest absolute Gasteiger partial charge is 0.480 e. The van der Waals surface area contributed by atoms with Crippen molar-refractivity contribution in [2.45, 2.75) is 19.4 Å². The van der Waals surface area contributed by atoms with Crippen molar-refractivity contribution in [1.29, 1.82) is 0 Å². The van der Waals surface area contributed by atoms with Crippen molar-refractivity contribution < 1.29 is 19.4 Å². The van der Waals surface area contributed by atoms with Crippen LogP contribution in [0.2, 0.25) is 0 Å². The number of nitrogens with one attached hydrogen (secondary N) is 1. The first kappa shape index (κ1) is 15.4. The first-order chi connectivity index (χ1) is 9.10. The van der Waals surface area contributed by atoms with Crippen LogP contribution in [0.3, 0.4) is 0 Å². The maximum atomic E-state index is 12.0. The van der Waals surface area contributed by atoms with Gasteiger partial charge in [-0.25, -0.2) is 4.79 Å². The van der Waals surface area contributed by atoms with Gasteiger partial charge in [-0.3, -0.25) is 4.79 Å². The molecule has 1 heterocycles. The number of aliphatic carboxylic acids is 1. The molecule has 1 atom stereocenters. The molecule has 0 saturated heterocycles. The standard InChI is InChI=1S/C13H17NO4S/c1-3-6-18-8-10(13(16)17)14-12(15)11-9(4-2)5-7-19-11/h3,5,7,10H,1,4,6,8H2,2H3,(H,14,15)(H,16,17). The van der Waals surface area contributed by atoms with Crippen LogP contribution in [0.1, 0.15) is 22.2 Å². The second kappa shape index (κ2) is 7.70. The fourth-order valence-corrected chi connectivity index (χ4v) is 2.38. The zero-order valence-electron chi connectivity index (χ0n) is 10.7. The predicted molar refractivity (Wildman–Crippen MR) is 73.6 cm³/mol. The second-order valence-corrected chi connectivity index (χ2v) is 4.74. The Morgan fingerprint density at radius 1 is 1.63 bits per heavy atom. The van der Waals surface area contributed by atoms with E-state index < -0.39 is 12.0 Å². The van der Waals surface area contributed by atoms with E-state index in [1.165, 1.54) is 17.4 Å². The Bertz CT molecular complexity index is 455. The van der Waals surface area contributed by atoms with Gasteiger partial charge < -0.3 is 15.2 Å². The number of carboxylic acids is 1. The molecule has 1 unspecified atom stereocenters. The fraction of sp³-hybridized carbons (Fsp3) is 0.385. The van der Waals surface area contributed by atoms with E-state index in [1.807, 2.05) is 18.4 Å². The fourth-order valence-electron chi connectivity index (χ4n) is 1.48. The molecule has 2 N–H and O–H groups in total. The van der Waals surface area contributed by atoms with Crippen LogP contribution in [-0.2, 0) is 16.0 Å². The van der Waals surface area contributed by atoms with Gasteiger partial charge in [0.05, 0.1) is 18.1 Å². The maximum absolute atomic E-state index is 12.0. The van der Waals surface area contributed by atoms with Gasteiger partial charge in [0.1, 0.15) is 0 Å². The van der Waals surface area contributed by atoms with Crippen LogP contribution in [0.15, 0.2) is 24.1 Å². The number of hydrogen-bond acceptors (Lipinski definition) is 4. The van der Waals surface area contributed by atoms with E-state index >= 15 is 0 Å². The lowest BCUT2D eigenvalue weighted by molar-refractivity contribution is -0.140. The highest BCUT2D eigenvalue weighted by Crippen LogP contribution is 2.17. The van der Waals surface area contributed by atoms with E-state index in [0.29, 0.717) is 4.88 Å². The first-order valence-corrected chi connectivity index (χ1v) is 6.76. The summed E-state index contributed by atoms with van der Waals surface area (Å²) in [7, 11) is 0. The number of rotatable bonds is 8. The smallest absolute Gasteiger partial charge is 0.328 e. The normalized spacial score (nSPS) is 11.8. The topological polar surface area (TPSA) is 75.6 Å². The molecule has 0 saturated carbocycles. The van der Waals surface area contributed by atoms with Crippen molar-refractivity contribution in [1.82, 2.24) is 5.32 Å². The zero-order valence-corrected chi connectivity index (χ0v) is 11.5. The van der Waals surface area contributed by atoms with Gasteiger partial charge >= 0.3 is 5.97 Å². The summed E-state index contributed by atoms with van der Waals surface area (Å²) >= 11 is 1.30. The van der Waals surface area contributed by atoms with E-state index in [4.69, 9.17) is 9.84 Å².